The van der Waals surface area contributed by atoms with E-state index in [9.17, 15) is 9.90 Å². The zero-order valence-electron chi connectivity index (χ0n) is 18.2. The summed E-state index contributed by atoms with van der Waals surface area (Å²) >= 11 is 0. The van der Waals surface area contributed by atoms with Crippen LogP contribution in [0.15, 0.2) is 42.6 Å². The average Bonchev–Trinajstić information content (AvgIpc) is 3.51. The Morgan fingerprint density at radius 3 is 2.61 bits per heavy atom. The van der Waals surface area contributed by atoms with E-state index in [1.54, 1.807) is 19.2 Å². The van der Waals surface area contributed by atoms with Crippen LogP contribution in [0.3, 0.4) is 0 Å². The number of benzene rings is 2. The molecule has 31 heavy (non-hydrogen) atoms. The Kier molecular flexibility index (Phi) is 5.22. The summed E-state index contributed by atoms with van der Waals surface area (Å²) in [4.78, 5) is 17.3. The summed E-state index contributed by atoms with van der Waals surface area (Å²) in [6, 6.07) is 12.1. The largest absolute Gasteiger partial charge is 0.496 e. The molecular weight excluding hydrogens is 388 g/mol. The van der Waals surface area contributed by atoms with Crippen LogP contribution in [0.2, 0.25) is 0 Å². The maximum absolute atomic E-state index is 11.3. The van der Waals surface area contributed by atoms with Gasteiger partial charge in [0.05, 0.1) is 12.7 Å². The van der Waals surface area contributed by atoms with Gasteiger partial charge in [-0.15, -0.1) is 0 Å². The lowest BCUT2D eigenvalue weighted by atomic mass is 9.83. The second-order valence-electron chi connectivity index (χ2n) is 9.18. The van der Waals surface area contributed by atoms with Crippen LogP contribution in [0.1, 0.15) is 58.8 Å². The SMILES string of the molecule is COc1cc(C)c2[nH]ccc2c1CN1CCC(C2CC2)CC1c1ccc(C(=O)O)cc1. The molecule has 1 aliphatic heterocycles. The van der Waals surface area contributed by atoms with Crippen LogP contribution in [-0.2, 0) is 6.54 Å². The van der Waals surface area contributed by atoms with Gasteiger partial charge >= 0.3 is 5.97 Å². The van der Waals surface area contributed by atoms with Gasteiger partial charge in [-0.05, 0) is 86.4 Å². The molecule has 1 saturated carbocycles. The molecule has 1 saturated heterocycles. The minimum absolute atomic E-state index is 0.294. The lowest BCUT2D eigenvalue weighted by molar-refractivity contribution is 0.0696. The van der Waals surface area contributed by atoms with E-state index in [0.717, 1.165) is 37.1 Å². The quantitative estimate of drug-likeness (QED) is 0.551. The monoisotopic (exact) mass is 418 g/mol. The zero-order valence-corrected chi connectivity index (χ0v) is 18.2. The molecule has 2 aliphatic rings. The van der Waals surface area contributed by atoms with Gasteiger partial charge in [0, 0.05) is 35.2 Å². The molecule has 0 radical (unpaired) electrons. The molecule has 5 heteroatoms. The number of carboxylic acids is 1. The molecule has 0 amide bonds. The van der Waals surface area contributed by atoms with Crippen molar-refractivity contribution in [3.05, 3.63) is 64.8 Å². The molecule has 2 N–H and O–H groups in total. The Hall–Kier alpha value is -2.79. The minimum atomic E-state index is -0.873. The number of ether oxygens (including phenoxy) is 1. The molecule has 1 aliphatic carbocycles. The highest BCUT2D eigenvalue weighted by atomic mass is 16.5. The number of carbonyl (C=O) groups is 1. The first kappa shape index (κ1) is 20.1. The number of aromatic nitrogens is 1. The van der Waals surface area contributed by atoms with Crippen molar-refractivity contribution in [3.8, 4) is 5.75 Å². The van der Waals surface area contributed by atoms with Crippen molar-refractivity contribution in [2.45, 2.75) is 45.2 Å². The van der Waals surface area contributed by atoms with E-state index in [4.69, 9.17) is 4.74 Å². The number of likely N-dealkylation sites (tertiary alicyclic amines) is 1. The van der Waals surface area contributed by atoms with Gasteiger partial charge in [0.15, 0.2) is 0 Å². The first-order valence-electron chi connectivity index (χ1n) is 11.3. The van der Waals surface area contributed by atoms with Gasteiger partial charge in [-0.3, -0.25) is 4.90 Å². The van der Waals surface area contributed by atoms with Gasteiger partial charge in [0.2, 0.25) is 0 Å². The smallest absolute Gasteiger partial charge is 0.335 e. The molecule has 2 aromatic carbocycles. The normalized spacial score (nSPS) is 22.0. The Morgan fingerprint density at radius 1 is 1.16 bits per heavy atom. The fourth-order valence-corrected chi connectivity index (χ4v) is 5.41. The first-order valence-corrected chi connectivity index (χ1v) is 11.3. The highest BCUT2D eigenvalue weighted by Crippen LogP contribution is 2.47. The summed E-state index contributed by atoms with van der Waals surface area (Å²) in [5, 5.41) is 10.5. The summed E-state index contributed by atoms with van der Waals surface area (Å²) in [5.74, 6) is 1.72. The molecule has 2 fully saturated rings. The summed E-state index contributed by atoms with van der Waals surface area (Å²) < 4.78 is 5.79. The number of piperidine rings is 1. The molecule has 0 spiro atoms. The van der Waals surface area contributed by atoms with E-state index in [2.05, 4.69) is 28.9 Å². The number of nitrogens with one attached hydrogen (secondary N) is 1. The number of nitrogens with zero attached hydrogens (tertiary/aromatic N) is 1. The number of aryl methyl sites for hydroxylation is 1. The predicted octanol–water partition coefficient (Wildman–Crippen LogP) is 5.55. The number of aromatic amines is 1. The zero-order chi connectivity index (χ0) is 21.5. The third-order valence-corrected chi connectivity index (χ3v) is 7.28. The lowest BCUT2D eigenvalue weighted by Crippen LogP contribution is -2.37. The maximum Gasteiger partial charge on any atom is 0.335 e. The van der Waals surface area contributed by atoms with Crippen molar-refractivity contribution in [1.29, 1.82) is 0 Å². The second-order valence-corrected chi connectivity index (χ2v) is 9.18. The molecule has 162 valence electrons. The summed E-state index contributed by atoms with van der Waals surface area (Å²) in [5.41, 5.74) is 5.15. The van der Waals surface area contributed by atoms with Gasteiger partial charge in [-0.25, -0.2) is 4.79 Å². The topological polar surface area (TPSA) is 65.6 Å². The van der Waals surface area contributed by atoms with Crippen molar-refractivity contribution in [2.24, 2.45) is 11.8 Å². The van der Waals surface area contributed by atoms with Crippen LogP contribution in [0.25, 0.3) is 10.9 Å². The fraction of sp³-hybridized carbons (Fsp3) is 0.423. The summed E-state index contributed by atoms with van der Waals surface area (Å²) in [7, 11) is 1.75. The number of aromatic carboxylic acids is 1. The van der Waals surface area contributed by atoms with Crippen LogP contribution in [0.4, 0.5) is 0 Å². The van der Waals surface area contributed by atoms with Crippen LogP contribution in [0, 0.1) is 18.8 Å². The maximum atomic E-state index is 11.3. The molecule has 2 heterocycles. The number of rotatable bonds is 6. The van der Waals surface area contributed by atoms with Crippen LogP contribution >= 0.6 is 0 Å². The molecular formula is C26H30N2O3. The highest BCUT2D eigenvalue weighted by molar-refractivity contribution is 5.88. The Balaban J connectivity index is 1.49. The van der Waals surface area contributed by atoms with Crippen LogP contribution in [-0.4, -0.2) is 34.6 Å². The van der Waals surface area contributed by atoms with Gasteiger partial charge in [-0.2, -0.15) is 0 Å². The number of hydrogen-bond donors (Lipinski definition) is 2. The number of hydrogen-bond acceptors (Lipinski definition) is 3. The van der Waals surface area contributed by atoms with E-state index in [-0.39, 0.29) is 0 Å². The highest BCUT2D eigenvalue weighted by Gasteiger charge is 2.38. The predicted molar refractivity (Wildman–Crippen MR) is 122 cm³/mol. The van der Waals surface area contributed by atoms with E-state index in [1.807, 2.05) is 18.3 Å². The molecule has 0 bridgehead atoms. The van der Waals surface area contributed by atoms with E-state index in [1.165, 1.54) is 46.9 Å². The third kappa shape index (κ3) is 3.83. The van der Waals surface area contributed by atoms with Crippen molar-refractivity contribution in [1.82, 2.24) is 9.88 Å². The lowest BCUT2D eigenvalue weighted by Gasteiger charge is -2.40. The van der Waals surface area contributed by atoms with Gasteiger partial charge in [0.25, 0.3) is 0 Å². The van der Waals surface area contributed by atoms with Crippen LogP contribution in [0.5, 0.6) is 5.75 Å². The van der Waals surface area contributed by atoms with Gasteiger partial charge in [0.1, 0.15) is 5.75 Å². The fourth-order valence-electron chi connectivity index (χ4n) is 5.41. The summed E-state index contributed by atoms with van der Waals surface area (Å²) in [6.45, 7) is 3.98. The van der Waals surface area contributed by atoms with Crippen molar-refractivity contribution in [3.63, 3.8) is 0 Å². The van der Waals surface area contributed by atoms with E-state index < -0.39 is 5.97 Å². The minimum Gasteiger partial charge on any atom is -0.496 e. The van der Waals surface area contributed by atoms with Crippen molar-refractivity contribution < 1.29 is 14.6 Å². The molecule has 5 rings (SSSR count). The molecule has 2 atom stereocenters. The molecule has 2 unspecified atom stereocenters. The van der Waals surface area contributed by atoms with E-state index >= 15 is 0 Å². The van der Waals surface area contributed by atoms with E-state index in [0.29, 0.717) is 11.6 Å². The number of fused-ring (bicyclic) bond motifs is 1. The number of carboxylic acid groups (broad SMARTS) is 1. The van der Waals surface area contributed by atoms with Crippen LogP contribution < -0.4 is 4.74 Å². The Labute approximate surface area is 183 Å². The van der Waals surface area contributed by atoms with Crippen molar-refractivity contribution >= 4 is 16.9 Å². The third-order valence-electron chi connectivity index (χ3n) is 7.28. The molecule has 3 aromatic rings. The summed E-state index contributed by atoms with van der Waals surface area (Å²) in [6.07, 6.45) is 7.11. The second kappa shape index (κ2) is 8.04. The standard InChI is InChI=1S/C26H30N2O3/c1-16-13-24(31-2)22(21-9-11-27-25(16)21)15-28-12-10-20(17-3-4-17)14-23(28)18-5-7-19(8-6-18)26(29)30/h5-9,11,13,17,20,23,27H,3-4,10,12,14-15H2,1-2H3,(H,29,30). The molecule has 5 nitrogen and oxygen atoms in total. The van der Waals surface area contributed by atoms with Gasteiger partial charge < -0.3 is 14.8 Å². The first-order chi connectivity index (χ1) is 15.0. The van der Waals surface area contributed by atoms with Gasteiger partial charge in [-0.1, -0.05) is 12.1 Å². The average molecular weight is 419 g/mol. The Bertz CT molecular complexity index is 1100. The van der Waals surface area contributed by atoms with Crippen molar-refractivity contribution in [2.75, 3.05) is 13.7 Å². The Morgan fingerprint density at radius 2 is 1.94 bits per heavy atom. The molecule has 1 aromatic heterocycles. The number of methoxy groups -OCH3 is 1. The number of H-pyrrole nitrogens is 1.